The third-order valence-corrected chi connectivity index (χ3v) is 3.25. The Bertz CT molecular complexity index is 365. The van der Waals surface area contributed by atoms with Gasteiger partial charge in [-0.25, -0.2) is 4.79 Å². The first-order chi connectivity index (χ1) is 7.65. The highest BCUT2D eigenvalue weighted by molar-refractivity contribution is 5.85. The topological polar surface area (TPSA) is 56.3 Å². The van der Waals surface area contributed by atoms with Gasteiger partial charge < -0.3 is 10.1 Å². The van der Waals surface area contributed by atoms with Crippen molar-refractivity contribution in [2.75, 3.05) is 13.1 Å². The van der Waals surface area contributed by atoms with Gasteiger partial charge in [-0.1, -0.05) is 6.92 Å². The van der Waals surface area contributed by atoms with Gasteiger partial charge in [-0.2, -0.15) is 0 Å². The van der Waals surface area contributed by atoms with Gasteiger partial charge in [-0.05, 0) is 44.0 Å². The van der Waals surface area contributed by atoms with Crippen molar-refractivity contribution in [3.8, 4) is 0 Å². The molecule has 4 nitrogen and oxygen atoms in total. The molecule has 0 radical (unpaired) electrons. The number of carboxylic acid groups (broad SMARTS) is 1. The van der Waals surface area contributed by atoms with Crippen LogP contribution in [0.4, 0.5) is 0 Å². The highest BCUT2D eigenvalue weighted by Crippen LogP contribution is 2.17. The monoisotopic (exact) mass is 222 g/mol. The summed E-state index contributed by atoms with van der Waals surface area (Å²) in [6, 6.07) is 3.49. The zero-order chi connectivity index (χ0) is 11.5. The summed E-state index contributed by atoms with van der Waals surface area (Å²) in [4.78, 5) is 16.0. The van der Waals surface area contributed by atoms with E-state index in [1.807, 2.05) is 6.07 Å². The largest absolute Gasteiger partial charge is 0.477 e. The lowest BCUT2D eigenvalue weighted by atomic mass is 9.99. The molecule has 0 unspecified atom stereocenters. The SMILES string of the molecule is CC1CCN(Cc2ccc(C(=O)O)[nH]2)CC1. The van der Waals surface area contributed by atoms with Crippen LogP contribution >= 0.6 is 0 Å². The molecular weight excluding hydrogens is 204 g/mol. The van der Waals surface area contributed by atoms with Crippen LogP contribution in [0.1, 0.15) is 35.9 Å². The summed E-state index contributed by atoms with van der Waals surface area (Å²) in [7, 11) is 0. The summed E-state index contributed by atoms with van der Waals surface area (Å²) in [5.41, 5.74) is 1.27. The minimum absolute atomic E-state index is 0.278. The van der Waals surface area contributed by atoms with E-state index in [1.54, 1.807) is 6.07 Å². The molecule has 1 aromatic heterocycles. The Morgan fingerprint density at radius 1 is 1.50 bits per heavy atom. The van der Waals surface area contributed by atoms with Gasteiger partial charge in [0.2, 0.25) is 0 Å². The van der Waals surface area contributed by atoms with Crippen molar-refractivity contribution in [3.05, 3.63) is 23.5 Å². The third-order valence-electron chi connectivity index (χ3n) is 3.25. The maximum atomic E-state index is 10.7. The molecule has 0 spiro atoms. The Kier molecular flexibility index (Phi) is 3.29. The Morgan fingerprint density at radius 3 is 2.75 bits per heavy atom. The normalized spacial score (nSPS) is 18.8. The predicted octanol–water partition coefficient (Wildman–Crippen LogP) is 1.94. The highest BCUT2D eigenvalue weighted by Gasteiger charge is 2.16. The van der Waals surface area contributed by atoms with Crippen LogP contribution < -0.4 is 0 Å². The van der Waals surface area contributed by atoms with E-state index in [2.05, 4.69) is 16.8 Å². The van der Waals surface area contributed by atoms with Crippen LogP contribution in [0, 0.1) is 5.92 Å². The molecule has 2 heterocycles. The number of aromatic amines is 1. The van der Waals surface area contributed by atoms with E-state index >= 15 is 0 Å². The molecule has 1 fully saturated rings. The minimum Gasteiger partial charge on any atom is -0.477 e. The van der Waals surface area contributed by atoms with Gasteiger partial charge in [0, 0.05) is 12.2 Å². The molecule has 2 rings (SSSR count). The second kappa shape index (κ2) is 4.70. The summed E-state index contributed by atoms with van der Waals surface area (Å²) in [5, 5.41) is 8.79. The summed E-state index contributed by atoms with van der Waals surface area (Å²) >= 11 is 0. The molecule has 0 atom stereocenters. The van der Waals surface area contributed by atoms with Crippen LogP contribution in [0.5, 0.6) is 0 Å². The van der Waals surface area contributed by atoms with Crippen molar-refractivity contribution >= 4 is 5.97 Å². The number of likely N-dealkylation sites (tertiary alicyclic amines) is 1. The first-order valence-corrected chi connectivity index (χ1v) is 5.78. The predicted molar refractivity (Wildman–Crippen MR) is 61.4 cm³/mol. The summed E-state index contributed by atoms with van der Waals surface area (Å²) in [6.45, 7) is 5.35. The molecule has 1 aliphatic heterocycles. The van der Waals surface area contributed by atoms with E-state index in [1.165, 1.54) is 12.8 Å². The number of piperidine rings is 1. The number of nitrogens with zero attached hydrogens (tertiary/aromatic N) is 1. The average molecular weight is 222 g/mol. The number of hydrogen-bond donors (Lipinski definition) is 2. The van der Waals surface area contributed by atoms with E-state index in [0.717, 1.165) is 31.2 Å². The molecular formula is C12H18N2O2. The van der Waals surface area contributed by atoms with E-state index in [9.17, 15) is 4.79 Å². The molecule has 0 bridgehead atoms. The quantitative estimate of drug-likeness (QED) is 0.821. The number of rotatable bonds is 3. The van der Waals surface area contributed by atoms with Crippen molar-refractivity contribution < 1.29 is 9.90 Å². The van der Waals surface area contributed by atoms with Crippen LogP contribution in [0.25, 0.3) is 0 Å². The fourth-order valence-corrected chi connectivity index (χ4v) is 2.12. The van der Waals surface area contributed by atoms with Gasteiger partial charge in [-0.3, -0.25) is 4.90 Å². The minimum atomic E-state index is -0.890. The van der Waals surface area contributed by atoms with Crippen molar-refractivity contribution in [1.29, 1.82) is 0 Å². The Balaban J connectivity index is 1.91. The van der Waals surface area contributed by atoms with Crippen molar-refractivity contribution in [2.45, 2.75) is 26.3 Å². The van der Waals surface area contributed by atoms with E-state index in [-0.39, 0.29) is 5.69 Å². The lowest BCUT2D eigenvalue weighted by Crippen LogP contribution is -2.32. The maximum absolute atomic E-state index is 10.7. The van der Waals surface area contributed by atoms with Gasteiger partial charge in [0.05, 0.1) is 0 Å². The maximum Gasteiger partial charge on any atom is 0.352 e. The summed E-state index contributed by atoms with van der Waals surface area (Å²) in [5.74, 6) is -0.0620. The second-order valence-corrected chi connectivity index (χ2v) is 4.66. The van der Waals surface area contributed by atoms with Crippen LogP contribution in [0.2, 0.25) is 0 Å². The fraction of sp³-hybridized carbons (Fsp3) is 0.583. The Labute approximate surface area is 95.3 Å². The average Bonchev–Trinajstić information content (AvgIpc) is 2.70. The van der Waals surface area contributed by atoms with Crippen LogP contribution in [-0.4, -0.2) is 34.0 Å². The van der Waals surface area contributed by atoms with Gasteiger partial charge in [0.15, 0.2) is 0 Å². The molecule has 0 saturated carbocycles. The number of nitrogens with one attached hydrogen (secondary N) is 1. The third kappa shape index (κ3) is 2.64. The van der Waals surface area contributed by atoms with E-state index in [4.69, 9.17) is 5.11 Å². The van der Waals surface area contributed by atoms with Crippen LogP contribution in [0.15, 0.2) is 12.1 Å². The summed E-state index contributed by atoms with van der Waals surface area (Å²) < 4.78 is 0. The lowest BCUT2D eigenvalue weighted by Gasteiger charge is -2.29. The molecule has 0 aliphatic carbocycles. The van der Waals surface area contributed by atoms with Crippen LogP contribution in [0.3, 0.4) is 0 Å². The van der Waals surface area contributed by atoms with Crippen LogP contribution in [-0.2, 0) is 6.54 Å². The Morgan fingerprint density at radius 2 is 2.19 bits per heavy atom. The molecule has 0 aromatic carbocycles. The van der Waals surface area contributed by atoms with Crippen molar-refractivity contribution in [3.63, 3.8) is 0 Å². The van der Waals surface area contributed by atoms with Gasteiger partial charge in [0.1, 0.15) is 5.69 Å². The molecule has 88 valence electrons. The first kappa shape index (κ1) is 11.2. The molecule has 0 amide bonds. The molecule has 4 heteroatoms. The zero-order valence-electron chi connectivity index (χ0n) is 9.57. The smallest absolute Gasteiger partial charge is 0.352 e. The zero-order valence-corrected chi connectivity index (χ0v) is 9.57. The summed E-state index contributed by atoms with van der Waals surface area (Å²) in [6.07, 6.45) is 2.49. The number of aromatic nitrogens is 1. The number of carbonyl (C=O) groups is 1. The number of carboxylic acids is 1. The van der Waals surface area contributed by atoms with E-state index in [0.29, 0.717) is 0 Å². The van der Waals surface area contributed by atoms with E-state index < -0.39 is 5.97 Å². The lowest BCUT2D eigenvalue weighted by molar-refractivity contribution is 0.0691. The molecule has 1 aromatic rings. The standard InChI is InChI=1S/C12H18N2O2/c1-9-4-6-14(7-5-9)8-10-2-3-11(13-10)12(15)16/h2-3,9,13H,4-8H2,1H3,(H,15,16). The molecule has 1 aliphatic rings. The molecule has 1 saturated heterocycles. The fourth-order valence-electron chi connectivity index (χ4n) is 2.12. The van der Waals surface area contributed by atoms with Crippen molar-refractivity contribution in [1.82, 2.24) is 9.88 Å². The highest BCUT2D eigenvalue weighted by atomic mass is 16.4. The second-order valence-electron chi connectivity index (χ2n) is 4.66. The van der Waals surface area contributed by atoms with Gasteiger partial charge in [0.25, 0.3) is 0 Å². The molecule has 16 heavy (non-hydrogen) atoms. The molecule has 2 N–H and O–H groups in total. The Hall–Kier alpha value is -1.29. The number of hydrogen-bond acceptors (Lipinski definition) is 2. The van der Waals surface area contributed by atoms with Crippen molar-refractivity contribution in [2.24, 2.45) is 5.92 Å². The number of H-pyrrole nitrogens is 1. The van der Waals surface area contributed by atoms with Gasteiger partial charge in [-0.15, -0.1) is 0 Å². The first-order valence-electron chi connectivity index (χ1n) is 5.78. The number of aromatic carboxylic acids is 1. The van der Waals surface area contributed by atoms with Gasteiger partial charge >= 0.3 is 5.97 Å².